The molecule has 0 saturated heterocycles. The minimum Gasteiger partial charge on any atom is -0.258 e. The second-order valence-electron chi connectivity index (χ2n) is 3.27. The van der Waals surface area contributed by atoms with E-state index in [-0.39, 0.29) is 10.7 Å². The van der Waals surface area contributed by atoms with Gasteiger partial charge in [0.2, 0.25) is 0 Å². The third kappa shape index (κ3) is 2.85. The molecule has 0 radical (unpaired) electrons. The lowest BCUT2D eigenvalue weighted by Crippen LogP contribution is -1.94. The molecule has 0 bridgehead atoms. The molecule has 0 atom stereocenters. The fraction of sp³-hybridized carbons (Fsp3) is 0. The smallest absolute Gasteiger partial charge is 0.258 e. The first-order valence-electron chi connectivity index (χ1n) is 4.80. The summed E-state index contributed by atoms with van der Waals surface area (Å²) in [6, 6.07) is 7.41. The molecule has 0 aliphatic carbocycles. The maximum Gasteiger partial charge on any atom is 0.302 e. The molecular weight excluding hydrogens is 323 g/mol. The highest BCUT2D eigenvalue weighted by molar-refractivity contribution is 9.10. The highest BCUT2D eigenvalue weighted by atomic mass is 79.9. The summed E-state index contributed by atoms with van der Waals surface area (Å²) in [6.45, 7) is 0. The lowest BCUT2D eigenvalue weighted by molar-refractivity contribution is -0.388. The maximum atomic E-state index is 13.5. The number of pyridine rings is 1. The van der Waals surface area contributed by atoms with Gasteiger partial charge in [0.05, 0.1) is 4.92 Å². The lowest BCUT2D eigenvalue weighted by atomic mass is 10.3. The molecule has 4 nitrogen and oxygen atoms in total. The molecule has 1 aromatic carbocycles. The maximum absolute atomic E-state index is 13.5. The van der Waals surface area contributed by atoms with Crippen LogP contribution in [-0.2, 0) is 0 Å². The summed E-state index contributed by atoms with van der Waals surface area (Å²) in [4.78, 5) is 14.6. The zero-order valence-corrected chi connectivity index (χ0v) is 11.2. The van der Waals surface area contributed by atoms with E-state index in [1.165, 1.54) is 18.3 Å². The van der Waals surface area contributed by atoms with Gasteiger partial charge in [0.25, 0.3) is 0 Å². The van der Waals surface area contributed by atoms with Gasteiger partial charge in [-0.25, -0.2) is 9.37 Å². The van der Waals surface area contributed by atoms with Crippen LogP contribution in [0.25, 0.3) is 0 Å². The predicted molar refractivity (Wildman–Crippen MR) is 69.1 cm³/mol. The van der Waals surface area contributed by atoms with Crippen LogP contribution >= 0.6 is 27.7 Å². The van der Waals surface area contributed by atoms with Gasteiger partial charge in [0.1, 0.15) is 5.82 Å². The molecule has 0 aliphatic rings. The summed E-state index contributed by atoms with van der Waals surface area (Å²) in [5, 5.41) is 11.0. The van der Waals surface area contributed by atoms with Crippen molar-refractivity contribution >= 4 is 33.4 Å². The number of nitro groups is 1. The Balaban J connectivity index is 2.41. The van der Waals surface area contributed by atoms with Gasteiger partial charge in [-0.1, -0.05) is 23.9 Å². The van der Waals surface area contributed by atoms with E-state index in [1.54, 1.807) is 18.2 Å². The highest BCUT2D eigenvalue weighted by Gasteiger charge is 2.18. The van der Waals surface area contributed by atoms with Crippen molar-refractivity contribution in [3.63, 3.8) is 0 Å². The van der Waals surface area contributed by atoms with Crippen LogP contribution in [0.5, 0.6) is 0 Å². The van der Waals surface area contributed by atoms with Crippen molar-refractivity contribution in [2.45, 2.75) is 9.92 Å². The van der Waals surface area contributed by atoms with Crippen LogP contribution in [0.4, 0.5) is 10.1 Å². The van der Waals surface area contributed by atoms with Crippen LogP contribution in [0.1, 0.15) is 0 Å². The number of halogens is 2. The number of benzene rings is 1. The largest absolute Gasteiger partial charge is 0.302 e. The summed E-state index contributed by atoms with van der Waals surface area (Å²) in [5.41, 5.74) is -0.155. The Morgan fingerprint density at radius 2 is 2.11 bits per heavy atom. The molecule has 0 amide bonds. The van der Waals surface area contributed by atoms with Crippen LogP contribution in [0.15, 0.2) is 50.9 Å². The van der Waals surface area contributed by atoms with Crippen molar-refractivity contribution in [1.82, 2.24) is 4.98 Å². The first-order chi connectivity index (χ1) is 8.58. The van der Waals surface area contributed by atoms with Crippen molar-refractivity contribution in [2.24, 2.45) is 0 Å². The summed E-state index contributed by atoms with van der Waals surface area (Å²) in [5.74, 6) is -0.429. The van der Waals surface area contributed by atoms with Crippen LogP contribution < -0.4 is 0 Å². The van der Waals surface area contributed by atoms with Crippen LogP contribution in [-0.4, -0.2) is 9.91 Å². The van der Waals surface area contributed by atoms with Crippen molar-refractivity contribution < 1.29 is 9.31 Å². The second-order valence-corrected chi connectivity index (χ2v) is 5.21. The number of hydrogen-bond donors (Lipinski definition) is 0. The molecule has 18 heavy (non-hydrogen) atoms. The number of rotatable bonds is 3. The minimum absolute atomic E-state index is 0.155. The molecule has 92 valence electrons. The molecule has 2 rings (SSSR count). The lowest BCUT2D eigenvalue weighted by Gasteiger charge is -2.03. The Labute approximate surface area is 115 Å². The van der Waals surface area contributed by atoms with E-state index in [0.717, 1.165) is 11.8 Å². The van der Waals surface area contributed by atoms with Gasteiger partial charge in [-0.15, -0.1) is 0 Å². The zero-order valence-electron chi connectivity index (χ0n) is 8.84. The minimum atomic E-state index is -0.541. The summed E-state index contributed by atoms with van der Waals surface area (Å²) in [6.07, 6.45) is 1.44. The van der Waals surface area contributed by atoms with Crippen molar-refractivity contribution in [2.75, 3.05) is 0 Å². The van der Waals surface area contributed by atoms with Gasteiger partial charge >= 0.3 is 5.69 Å². The average molecular weight is 329 g/mol. The third-order valence-electron chi connectivity index (χ3n) is 2.04. The monoisotopic (exact) mass is 328 g/mol. The normalized spacial score (nSPS) is 10.3. The second kappa shape index (κ2) is 5.45. The molecule has 0 fully saturated rings. The van der Waals surface area contributed by atoms with E-state index in [0.29, 0.717) is 9.37 Å². The molecule has 0 aliphatic heterocycles. The average Bonchev–Trinajstić information content (AvgIpc) is 2.34. The van der Waals surface area contributed by atoms with E-state index < -0.39 is 10.7 Å². The van der Waals surface area contributed by atoms with Crippen molar-refractivity contribution in [3.8, 4) is 0 Å². The molecule has 1 aromatic heterocycles. The SMILES string of the molecule is O=[N+]([O-])c1cc(Br)cnc1Sc1ccccc1F. The third-order valence-corrected chi connectivity index (χ3v) is 3.53. The van der Waals surface area contributed by atoms with Gasteiger partial charge < -0.3 is 0 Å². The Kier molecular flexibility index (Phi) is 3.93. The van der Waals surface area contributed by atoms with Crippen LogP contribution in [0.3, 0.4) is 0 Å². The number of hydrogen-bond acceptors (Lipinski definition) is 4. The molecule has 7 heteroatoms. The van der Waals surface area contributed by atoms with Gasteiger partial charge in [-0.05, 0) is 28.1 Å². The Bertz CT molecular complexity index is 609. The highest BCUT2D eigenvalue weighted by Crippen LogP contribution is 2.35. The summed E-state index contributed by atoms with van der Waals surface area (Å²) < 4.78 is 14.0. The van der Waals surface area contributed by atoms with E-state index >= 15 is 0 Å². The van der Waals surface area contributed by atoms with Crippen LogP contribution in [0.2, 0.25) is 0 Å². The molecule has 0 spiro atoms. The van der Waals surface area contributed by atoms with E-state index in [4.69, 9.17) is 0 Å². The molecule has 0 N–H and O–H groups in total. The molecular formula is C11H6BrFN2O2S. The van der Waals surface area contributed by atoms with Gasteiger partial charge in [0.15, 0.2) is 5.03 Å². The Morgan fingerprint density at radius 1 is 1.39 bits per heavy atom. The fourth-order valence-electron chi connectivity index (χ4n) is 1.26. The summed E-state index contributed by atoms with van der Waals surface area (Å²) >= 11 is 4.04. The molecule has 0 saturated carbocycles. The molecule has 1 heterocycles. The zero-order chi connectivity index (χ0) is 13.1. The fourth-order valence-corrected chi connectivity index (χ4v) is 2.44. The Hall–Kier alpha value is -1.47. The van der Waals surface area contributed by atoms with Crippen molar-refractivity contribution in [1.29, 1.82) is 0 Å². The molecule has 0 unspecified atom stereocenters. The first kappa shape index (κ1) is 13.0. The van der Waals surface area contributed by atoms with Gasteiger partial charge in [0, 0.05) is 21.6 Å². The summed E-state index contributed by atoms with van der Waals surface area (Å²) in [7, 11) is 0. The van der Waals surface area contributed by atoms with Gasteiger partial charge in [-0.2, -0.15) is 0 Å². The van der Waals surface area contributed by atoms with E-state index in [1.807, 2.05) is 0 Å². The topological polar surface area (TPSA) is 56.0 Å². The van der Waals surface area contributed by atoms with E-state index in [2.05, 4.69) is 20.9 Å². The molecule has 2 aromatic rings. The first-order valence-corrected chi connectivity index (χ1v) is 6.41. The van der Waals surface area contributed by atoms with Crippen molar-refractivity contribution in [3.05, 3.63) is 56.9 Å². The standard InChI is InChI=1S/C11H6BrFN2O2S/c12-7-5-9(15(16)17)11(14-6-7)18-10-4-2-1-3-8(10)13/h1-6H. The van der Waals surface area contributed by atoms with Gasteiger partial charge in [-0.3, -0.25) is 10.1 Å². The Morgan fingerprint density at radius 3 is 2.78 bits per heavy atom. The quantitative estimate of drug-likeness (QED) is 0.630. The van der Waals surface area contributed by atoms with Crippen LogP contribution in [0, 0.1) is 15.9 Å². The predicted octanol–water partition coefficient (Wildman–Crippen LogP) is 4.04. The number of nitrogens with zero attached hydrogens (tertiary/aromatic N) is 2. The van der Waals surface area contributed by atoms with E-state index in [9.17, 15) is 14.5 Å². The number of aromatic nitrogens is 1.